The third-order valence-corrected chi connectivity index (χ3v) is 9.36. The minimum absolute atomic E-state index is 0.0142. The van der Waals surface area contributed by atoms with E-state index < -0.39 is 0 Å². The zero-order valence-electron chi connectivity index (χ0n) is 28.4. The van der Waals surface area contributed by atoms with E-state index in [4.69, 9.17) is 14.5 Å². The fraction of sp³-hybridized carbons (Fsp3) is 0.405. The molecule has 0 aliphatic carbocycles. The highest BCUT2D eigenvalue weighted by Crippen LogP contribution is 2.29. The average Bonchev–Trinajstić information content (AvgIpc) is 3.79. The number of para-hydroxylation sites is 2. The van der Waals surface area contributed by atoms with Crippen molar-refractivity contribution in [3.63, 3.8) is 0 Å². The number of piperidine rings is 1. The number of benzene rings is 3. The van der Waals surface area contributed by atoms with Crippen molar-refractivity contribution in [1.82, 2.24) is 34.8 Å². The number of methoxy groups -OCH3 is 1. The average molecular weight is 669 g/mol. The Hall–Kier alpha value is -4.81. The quantitative estimate of drug-likeness (QED) is 0.134. The maximum Gasteiger partial charge on any atom is 0.257 e. The fourth-order valence-corrected chi connectivity index (χ4v) is 6.63. The number of fused-ring (bicyclic) bond motifs is 1. The molecule has 2 N–H and O–H groups in total. The summed E-state index contributed by atoms with van der Waals surface area (Å²) in [5, 5.41) is 14.4. The van der Waals surface area contributed by atoms with Crippen LogP contribution in [-0.4, -0.2) is 100 Å². The number of amides is 1. The highest BCUT2D eigenvalue weighted by molar-refractivity contribution is 5.98. The molecule has 0 radical (unpaired) electrons. The number of carbonyl (C=O) groups excluding carboxylic acids is 1. The molecule has 1 atom stereocenters. The van der Waals surface area contributed by atoms with E-state index >= 15 is 0 Å². The van der Waals surface area contributed by atoms with Gasteiger partial charge >= 0.3 is 0 Å². The molecule has 11 nitrogen and oxygen atoms in total. The number of nitrogens with one attached hydrogen (secondary N) is 2. The van der Waals surface area contributed by atoms with Crippen molar-refractivity contribution in [3.05, 3.63) is 89.9 Å². The highest BCUT2D eigenvalue weighted by atomic mass is 19.1. The van der Waals surface area contributed by atoms with Crippen LogP contribution in [0.15, 0.2) is 72.9 Å². The number of likely N-dealkylation sites (tertiary alicyclic amines) is 1. The molecule has 1 amide bonds. The summed E-state index contributed by atoms with van der Waals surface area (Å²) in [5.41, 5.74) is 4.95. The van der Waals surface area contributed by atoms with Gasteiger partial charge in [-0.3, -0.25) is 4.79 Å². The smallest absolute Gasteiger partial charge is 0.257 e. The van der Waals surface area contributed by atoms with Gasteiger partial charge in [-0.15, -0.1) is 0 Å². The Morgan fingerprint density at radius 1 is 1.10 bits per heavy atom. The summed E-state index contributed by atoms with van der Waals surface area (Å²) in [6.45, 7) is 7.33. The first-order chi connectivity index (χ1) is 23.9. The van der Waals surface area contributed by atoms with Crippen LogP contribution < -0.4 is 10.1 Å². The van der Waals surface area contributed by atoms with Crippen LogP contribution in [0.25, 0.3) is 22.3 Å². The van der Waals surface area contributed by atoms with Crippen LogP contribution in [-0.2, 0) is 11.3 Å². The van der Waals surface area contributed by atoms with Crippen LogP contribution in [0.1, 0.15) is 48.0 Å². The van der Waals surface area contributed by atoms with Crippen molar-refractivity contribution in [1.29, 1.82) is 0 Å². The number of aromatic amines is 1. The number of H-pyrrole nitrogens is 1. The summed E-state index contributed by atoms with van der Waals surface area (Å²) in [6, 6.07) is 20.6. The third-order valence-electron chi connectivity index (χ3n) is 9.36. The molecule has 6 rings (SSSR count). The number of hydrogen-bond acceptors (Lipinski definition) is 8. The second-order valence-electron chi connectivity index (χ2n) is 12.5. The van der Waals surface area contributed by atoms with Crippen LogP contribution in [0.5, 0.6) is 5.75 Å². The Kier molecular flexibility index (Phi) is 11.2. The lowest BCUT2D eigenvalue weighted by atomic mass is 9.93. The van der Waals surface area contributed by atoms with E-state index in [9.17, 15) is 9.18 Å². The highest BCUT2D eigenvalue weighted by Gasteiger charge is 2.25. The minimum Gasteiger partial charge on any atom is -0.496 e. The lowest BCUT2D eigenvalue weighted by molar-refractivity contribution is 0.0778. The van der Waals surface area contributed by atoms with Gasteiger partial charge in [0.2, 0.25) is 5.95 Å². The van der Waals surface area contributed by atoms with Gasteiger partial charge in [-0.25, -0.2) is 9.37 Å². The molecule has 258 valence electrons. The van der Waals surface area contributed by atoms with Gasteiger partial charge in [0.25, 0.3) is 5.91 Å². The number of aromatic nitrogens is 5. The topological polar surface area (TPSA) is 113 Å². The summed E-state index contributed by atoms with van der Waals surface area (Å²) in [4.78, 5) is 22.9. The van der Waals surface area contributed by atoms with E-state index in [-0.39, 0.29) is 17.6 Å². The summed E-state index contributed by atoms with van der Waals surface area (Å²) in [5.74, 6) is 0.964. The lowest BCUT2D eigenvalue weighted by Gasteiger charge is -2.34. The largest absolute Gasteiger partial charge is 0.496 e. The second kappa shape index (κ2) is 16.1. The Balaban J connectivity index is 1.09. The van der Waals surface area contributed by atoms with E-state index in [1.807, 2.05) is 37.3 Å². The van der Waals surface area contributed by atoms with Crippen molar-refractivity contribution in [2.75, 3.05) is 58.9 Å². The molecule has 0 saturated carbocycles. The molecule has 1 saturated heterocycles. The van der Waals surface area contributed by atoms with Crippen molar-refractivity contribution in [2.45, 2.75) is 44.7 Å². The van der Waals surface area contributed by atoms with Crippen LogP contribution >= 0.6 is 0 Å². The summed E-state index contributed by atoms with van der Waals surface area (Å²) < 4.78 is 27.3. The van der Waals surface area contributed by atoms with Gasteiger partial charge in [-0.2, -0.15) is 15.4 Å². The van der Waals surface area contributed by atoms with Gasteiger partial charge in [0.1, 0.15) is 17.3 Å². The zero-order valence-corrected chi connectivity index (χ0v) is 28.4. The molecule has 1 aliphatic rings. The monoisotopic (exact) mass is 668 g/mol. The van der Waals surface area contributed by atoms with Crippen LogP contribution in [0.4, 0.5) is 10.3 Å². The maximum absolute atomic E-state index is 13.9. The second-order valence-corrected chi connectivity index (χ2v) is 12.5. The van der Waals surface area contributed by atoms with Gasteiger partial charge in [-0.05, 0) is 80.8 Å². The molecule has 5 aromatic rings. The van der Waals surface area contributed by atoms with E-state index in [0.717, 1.165) is 73.6 Å². The minimum atomic E-state index is -0.276. The molecule has 1 fully saturated rings. The normalized spacial score (nSPS) is 14.6. The van der Waals surface area contributed by atoms with Gasteiger partial charge in [0.15, 0.2) is 0 Å². The van der Waals surface area contributed by atoms with Gasteiger partial charge < -0.3 is 29.2 Å². The molecule has 1 aliphatic heterocycles. The Morgan fingerprint density at radius 2 is 1.90 bits per heavy atom. The lowest BCUT2D eigenvalue weighted by Crippen LogP contribution is -2.40. The molecule has 2 aromatic heterocycles. The number of ether oxygens (including phenoxy) is 2. The van der Waals surface area contributed by atoms with Crippen molar-refractivity contribution < 1.29 is 18.7 Å². The first-order valence-corrected chi connectivity index (χ1v) is 17.0. The third kappa shape index (κ3) is 8.26. The van der Waals surface area contributed by atoms with E-state index in [1.54, 1.807) is 37.4 Å². The molecule has 0 bridgehead atoms. The molecular formula is C37H45FN8O3. The van der Waals surface area contributed by atoms with E-state index in [1.165, 1.54) is 12.1 Å². The molecule has 12 heteroatoms. The van der Waals surface area contributed by atoms with Crippen LogP contribution in [0.3, 0.4) is 0 Å². The Bertz CT molecular complexity index is 1800. The van der Waals surface area contributed by atoms with Crippen molar-refractivity contribution >= 4 is 22.9 Å². The fourth-order valence-electron chi connectivity index (χ4n) is 6.63. The Morgan fingerprint density at radius 3 is 2.63 bits per heavy atom. The molecule has 1 unspecified atom stereocenters. The number of likely N-dealkylation sites (N-methyl/N-ethyl adjacent to an activating group) is 1. The van der Waals surface area contributed by atoms with E-state index in [0.29, 0.717) is 42.8 Å². The number of nitrogens with zero attached hydrogens (tertiary/aromatic N) is 6. The predicted molar refractivity (Wildman–Crippen MR) is 188 cm³/mol. The molecular weight excluding hydrogens is 623 g/mol. The first kappa shape index (κ1) is 34.1. The molecule has 3 aromatic carbocycles. The van der Waals surface area contributed by atoms with Gasteiger partial charge in [0, 0.05) is 57.4 Å². The molecule has 0 spiro atoms. The Labute approximate surface area is 286 Å². The first-order valence-electron chi connectivity index (χ1n) is 17.0. The van der Waals surface area contributed by atoms with Gasteiger partial charge in [-0.1, -0.05) is 24.3 Å². The van der Waals surface area contributed by atoms with Crippen molar-refractivity contribution in [3.8, 4) is 17.0 Å². The molecule has 3 heterocycles. The zero-order chi connectivity index (χ0) is 34.2. The summed E-state index contributed by atoms with van der Waals surface area (Å²) in [6.07, 6.45) is 4.43. The van der Waals surface area contributed by atoms with Crippen LogP contribution in [0, 0.1) is 5.82 Å². The van der Waals surface area contributed by atoms with Gasteiger partial charge in [0.05, 0.1) is 36.5 Å². The molecule has 49 heavy (non-hydrogen) atoms. The van der Waals surface area contributed by atoms with Crippen LogP contribution in [0.2, 0.25) is 0 Å². The maximum atomic E-state index is 13.9. The standard InChI is InChI=1S/C37H45FN8O3/c1-4-49-22-21-46-34-8-6-5-7-32(34)41-37(46)40-30-16-19-45(20-17-30)18-15-28(26-9-12-29(38)13-10-26)25-44(2)36(47)31-23-27(11-14-35(31)48-3)33-24-39-43-42-33/h5-14,23-24,28,30H,4,15-22,25H2,1-3H3,(H,40,41)(H,39,42,43). The number of rotatable bonds is 15. The van der Waals surface area contributed by atoms with E-state index in [2.05, 4.69) is 42.3 Å². The summed E-state index contributed by atoms with van der Waals surface area (Å²) in [7, 11) is 3.36. The number of imidazole rings is 1. The van der Waals surface area contributed by atoms with Crippen molar-refractivity contribution in [2.24, 2.45) is 0 Å². The number of halogens is 1. The predicted octanol–water partition coefficient (Wildman–Crippen LogP) is 5.83. The number of anilines is 1. The number of hydrogen-bond donors (Lipinski definition) is 2. The summed E-state index contributed by atoms with van der Waals surface area (Å²) >= 11 is 0. The number of carbonyl (C=O) groups is 1. The SMILES string of the molecule is CCOCCn1c(NC2CCN(CCC(CN(C)C(=O)c3cc(-c4cn[nH]n4)ccc3OC)c3ccc(F)cc3)CC2)nc2ccccc21.